The van der Waals surface area contributed by atoms with Crippen molar-refractivity contribution in [1.82, 2.24) is 10.6 Å². The van der Waals surface area contributed by atoms with Gasteiger partial charge in [0, 0.05) is 31.7 Å². The van der Waals surface area contributed by atoms with Gasteiger partial charge in [0.1, 0.15) is 0 Å². The van der Waals surface area contributed by atoms with E-state index in [9.17, 15) is 9.59 Å². The molecule has 2 heterocycles. The molecule has 3 rings (SSSR count). The van der Waals surface area contributed by atoms with Crippen molar-refractivity contribution in [3.05, 3.63) is 29.8 Å². The predicted molar refractivity (Wildman–Crippen MR) is 73.4 cm³/mol. The zero-order valence-corrected chi connectivity index (χ0v) is 11.1. The number of morpholine rings is 1. The maximum atomic E-state index is 12.0. The number of benzene rings is 1. The molecule has 0 aliphatic carbocycles. The summed E-state index contributed by atoms with van der Waals surface area (Å²) in [6.45, 7) is 3.16. The summed E-state index contributed by atoms with van der Waals surface area (Å²) in [7, 11) is 0. The van der Waals surface area contributed by atoms with E-state index in [2.05, 4.69) is 10.6 Å². The fraction of sp³-hybridized carbons (Fsp3) is 0.429. The first-order chi connectivity index (χ1) is 9.77. The molecule has 20 heavy (non-hydrogen) atoms. The number of para-hydroxylation sites is 1. The first kappa shape index (κ1) is 13.1. The molecule has 0 bridgehead atoms. The minimum absolute atomic E-state index is 0.0854. The summed E-state index contributed by atoms with van der Waals surface area (Å²) in [4.78, 5) is 25.1. The number of amides is 2. The summed E-state index contributed by atoms with van der Waals surface area (Å²) in [6, 6.07) is 7.61. The summed E-state index contributed by atoms with van der Waals surface area (Å²) in [5.41, 5.74) is 1.71. The maximum Gasteiger partial charge on any atom is 0.316 e. The minimum atomic E-state index is -0.547. The molecule has 1 aromatic carbocycles. The van der Waals surface area contributed by atoms with Crippen molar-refractivity contribution in [1.29, 1.82) is 0 Å². The molecule has 1 unspecified atom stereocenters. The molecular formula is C14H17N3O3. The van der Waals surface area contributed by atoms with Gasteiger partial charge < -0.3 is 20.3 Å². The molecular weight excluding hydrogens is 258 g/mol. The third-order valence-corrected chi connectivity index (χ3v) is 3.56. The molecule has 2 amide bonds. The molecule has 0 radical (unpaired) electrons. The van der Waals surface area contributed by atoms with Gasteiger partial charge in [-0.05, 0) is 6.07 Å². The molecule has 106 valence electrons. The lowest BCUT2D eigenvalue weighted by Crippen LogP contribution is -2.52. The van der Waals surface area contributed by atoms with Crippen molar-refractivity contribution in [3.8, 4) is 0 Å². The van der Waals surface area contributed by atoms with Crippen molar-refractivity contribution in [2.24, 2.45) is 0 Å². The van der Waals surface area contributed by atoms with E-state index >= 15 is 0 Å². The number of carbonyl (C=O) groups excluding carboxylic acids is 2. The lowest BCUT2D eigenvalue weighted by molar-refractivity contribution is -0.138. The summed E-state index contributed by atoms with van der Waals surface area (Å²) in [5.74, 6) is -1.05. The first-order valence-corrected chi connectivity index (χ1v) is 6.78. The van der Waals surface area contributed by atoms with Gasteiger partial charge in [-0.1, -0.05) is 18.2 Å². The summed E-state index contributed by atoms with van der Waals surface area (Å²) in [6.07, 6.45) is -0.0854. The fourth-order valence-corrected chi connectivity index (χ4v) is 2.58. The van der Waals surface area contributed by atoms with Crippen LogP contribution in [0.15, 0.2) is 24.3 Å². The van der Waals surface area contributed by atoms with E-state index in [0.29, 0.717) is 26.2 Å². The second-order valence-electron chi connectivity index (χ2n) is 4.84. The van der Waals surface area contributed by atoms with E-state index in [1.807, 2.05) is 24.3 Å². The number of hydrogen-bond donors (Lipinski definition) is 2. The number of anilines is 1. The molecule has 2 N–H and O–H groups in total. The van der Waals surface area contributed by atoms with Gasteiger partial charge >= 0.3 is 11.8 Å². The van der Waals surface area contributed by atoms with Crippen molar-refractivity contribution in [2.45, 2.75) is 6.10 Å². The number of rotatable bonds is 2. The lowest BCUT2D eigenvalue weighted by Gasteiger charge is -2.31. The highest BCUT2D eigenvalue weighted by Gasteiger charge is 2.30. The van der Waals surface area contributed by atoms with Crippen LogP contribution in [0.3, 0.4) is 0 Å². The van der Waals surface area contributed by atoms with Gasteiger partial charge in [0.2, 0.25) is 0 Å². The molecule has 2 aliphatic heterocycles. The Hall–Kier alpha value is -1.92. The predicted octanol–water partition coefficient (Wildman–Crippen LogP) is -0.190. The number of nitrogens with zero attached hydrogens (tertiary/aromatic N) is 1. The SMILES string of the molecule is O=C1NCCN(c2ccccc2C2CNCCO2)C1=O. The summed E-state index contributed by atoms with van der Waals surface area (Å²) in [5, 5.41) is 5.83. The molecule has 1 atom stereocenters. The second kappa shape index (κ2) is 5.60. The van der Waals surface area contributed by atoms with Gasteiger partial charge in [-0.25, -0.2) is 0 Å². The number of nitrogens with one attached hydrogen (secondary N) is 2. The Kier molecular flexibility index (Phi) is 3.66. The molecule has 1 aromatic rings. The highest BCUT2D eigenvalue weighted by molar-refractivity contribution is 6.41. The topological polar surface area (TPSA) is 70.7 Å². The largest absolute Gasteiger partial charge is 0.371 e. The van der Waals surface area contributed by atoms with Crippen LogP contribution in [0.5, 0.6) is 0 Å². The summed E-state index contributed by atoms with van der Waals surface area (Å²) < 4.78 is 5.76. The standard InChI is InChI=1S/C14H17N3O3/c18-13-14(19)17(7-5-16-13)11-4-2-1-3-10(11)12-9-15-6-8-20-12/h1-4,12,15H,5-9H2,(H,16,18). The zero-order valence-electron chi connectivity index (χ0n) is 11.1. The maximum absolute atomic E-state index is 12.0. The lowest BCUT2D eigenvalue weighted by atomic mass is 10.0. The normalized spacial score (nSPS) is 23.6. The van der Waals surface area contributed by atoms with Crippen LogP contribution in [0.25, 0.3) is 0 Å². The van der Waals surface area contributed by atoms with E-state index < -0.39 is 11.8 Å². The van der Waals surface area contributed by atoms with Crippen molar-refractivity contribution in [2.75, 3.05) is 37.7 Å². The van der Waals surface area contributed by atoms with Gasteiger partial charge in [-0.3, -0.25) is 9.59 Å². The smallest absolute Gasteiger partial charge is 0.316 e. The molecule has 2 fully saturated rings. The molecule has 0 spiro atoms. The van der Waals surface area contributed by atoms with Crippen LogP contribution in [0.4, 0.5) is 5.69 Å². The summed E-state index contributed by atoms with van der Waals surface area (Å²) >= 11 is 0. The third-order valence-electron chi connectivity index (χ3n) is 3.56. The Labute approximate surface area is 117 Å². The van der Waals surface area contributed by atoms with Gasteiger partial charge in [0.15, 0.2) is 0 Å². The molecule has 0 aromatic heterocycles. The Bertz CT molecular complexity index is 526. The van der Waals surface area contributed by atoms with Crippen LogP contribution >= 0.6 is 0 Å². The Morgan fingerprint density at radius 2 is 2.05 bits per heavy atom. The number of hydrogen-bond acceptors (Lipinski definition) is 4. The van der Waals surface area contributed by atoms with Crippen LogP contribution < -0.4 is 15.5 Å². The van der Waals surface area contributed by atoms with E-state index in [0.717, 1.165) is 17.8 Å². The van der Waals surface area contributed by atoms with E-state index in [-0.39, 0.29) is 6.10 Å². The highest BCUT2D eigenvalue weighted by Crippen LogP contribution is 2.29. The average Bonchev–Trinajstić information content (AvgIpc) is 2.51. The number of ether oxygens (including phenoxy) is 1. The Morgan fingerprint density at radius 3 is 2.85 bits per heavy atom. The van der Waals surface area contributed by atoms with Gasteiger partial charge in [-0.15, -0.1) is 0 Å². The van der Waals surface area contributed by atoms with Gasteiger partial charge in [0.05, 0.1) is 18.4 Å². The van der Waals surface area contributed by atoms with Crippen LogP contribution in [-0.2, 0) is 14.3 Å². The van der Waals surface area contributed by atoms with E-state index in [4.69, 9.17) is 4.74 Å². The molecule has 6 heteroatoms. The molecule has 0 saturated carbocycles. The van der Waals surface area contributed by atoms with Crippen LogP contribution in [0, 0.1) is 0 Å². The molecule has 2 aliphatic rings. The quantitative estimate of drug-likeness (QED) is 0.734. The van der Waals surface area contributed by atoms with Crippen LogP contribution in [-0.4, -0.2) is 44.6 Å². The Balaban J connectivity index is 1.92. The first-order valence-electron chi connectivity index (χ1n) is 6.78. The third kappa shape index (κ3) is 2.39. The van der Waals surface area contributed by atoms with Crippen LogP contribution in [0.1, 0.15) is 11.7 Å². The van der Waals surface area contributed by atoms with E-state index in [1.165, 1.54) is 4.90 Å². The fourth-order valence-electron chi connectivity index (χ4n) is 2.58. The second-order valence-corrected chi connectivity index (χ2v) is 4.84. The highest BCUT2D eigenvalue weighted by atomic mass is 16.5. The van der Waals surface area contributed by atoms with Crippen molar-refractivity contribution < 1.29 is 14.3 Å². The van der Waals surface area contributed by atoms with E-state index in [1.54, 1.807) is 0 Å². The van der Waals surface area contributed by atoms with Crippen LogP contribution in [0.2, 0.25) is 0 Å². The zero-order chi connectivity index (χ0) is 13.9. The van der Waals surface area contributed by atoms with Crippen molar-refractivity contribution in [3.63, 3.8) is 0 Å². The van der Waals surface area contributed by atoms with Crippen molar-refractivity contribution >= 4 is 17.5 Å². The van der Waals surface area contributed by atoms with Gasteiger partial charge in [0.25, 0.3) is 0 Å². The molecule has 6 nitrogen and oxygen atoms in total. The number of piperazine rings is 1. The molecule has 2 saturated heterocycles. The Morgan fingerprint density at radius 1 is 1.20 bits per heavy atom. The monoisotopic (exact) mass is 275 g/mol. The average molecular weight is 275 g/mol. The van der Waals surface area contributed by atoms with Gasteiger partial charge in [-0.2, -0.15) is 0 Å². The number of carbonyl (C=O) groups is 2. The minimum Gasteiger partial charge on any atom is -0.371 e.